The normalized spacial score (nSPS) is 25.4. The monoisotopic (exact) mass is 298 g/mol. The van der Waals surface area contributed by atoms with Crippen LogP contribution >= 0.6 is 12.4 Å². The second kappa shape index (κ2) is 5.50. The molecule has 0 bridgehead atoms. The van der Waals surface area contributed by atoms with Crippen molar-refractivity contribution >= 4 is 24.1 Å². The summed E-state index contributed by atoms with van der Waals surface area (Å²) < 4.78 is 12.9. The van der Waals surface area contributed by atoms with E-state index in [-0.39, 0.29) is 36.3 Å². The van der Waals surface area contributed by atoms with E-state index in [2.05, 4.69) is 5.32 Å². The maximum atomic E-state index is 12.9. The highest BCUT2D eigenvalue weighted by molar-refractivity contribution is 6.10. The highest BCUT2D eigenvalue weighted by Crippen LogP contribution is 2.31. The number of carbonyl (C=O) groups excluding carboxylic acids is 2. The van der Waals surface area contributed by atoms with Gasteiger partial charge in [-0.3, -0.25) is 9.59 Å². The van der Waals surface area contributed by atoms with Crippen LogP contribution < -0.4 is 5.32 Å². The van der Waals surface area contributed by atoms with Crippen LogP contribution in [0.3, 0.4) is 0 Å². The van der Waals surface area contributed by atoms with Gasteiger partial charge in [0.25, 0.3) is 0 Å². The first-order valence-corrected chi connectivity index (χ1v) is 6.41. The summed E-state index contributed by atoms with van der Waals surface area (Å²) in [5, 5.41) is 3.19. The quantitative estimate of drug-likeness (QED) is 0.827. The molecule has 0 aliphatic carbocycles. The molecular formula is C14H16ClFN2O2. The molecule has 108 valence electrons. The van der Waals surface area contributed by atoms with Crippen LogP contribution in [0, 0.1) is 5.82 Å². The van der Waals surface area contributed by atoms with E-state index in [1.54, 1.807) is 17.0 Å². The summed E-state index contributed by atoms with van der Waals surface area (Å²) in [6.45, 7) is 1.75. The maximum Gasteiger partial charge on any atom is 0.231 e. The molecule has 20 heavy (non-hydrogen) atoms. The lowest BCUT2D eigenvalue weighted by Crippen LogP contribution is -2.63. The van der Waals surface area contributed by atoms with Gasteiger partial charge in [0.05, 0.1) is 6.42 Å². The Morgan fingerprint density at radius 1 is 1.25 bits per heavy atom. The minimum absolute atomic E-state index is 0. The number of amides is 1. The summed E-state index contributed by atoms with van der Waals surface area (Å²) in [5.41, 5.74) is 0.103. The number of carbonyl (C=O) groups is 2. The predicted molar refractivity (Wildman–Crippen MR) is 74.3 cm³/mol. The SMILES string of the molecule is Cl.O=C1CC(=O)C2(Cc3ccc(F)cc3)CNCCN12. The second-order valence-corrected chi connectivity index (χ2v) is 5.16. The summed E-state index contributed by atoms with van der Waals surface area (Å²) in [6, 6.07) is 6.11. The van der Waals surface area contributed by atoms with Gasteiger partial charge in [0.1, 0.15) is 11.4 Å². The molecule has 1 unspecified atom stereocenters. The van der Waals surface area contributed by atoms with Gasteiger partial charge in [-0.05, 0) is 17.7 Å². The van der Waals surface area contributed by atoms with Gasteiger partial charge in [0, 0.05) is 26.1 Å². The molecule has 2 fully saturated rings. The highest BCUT2D eigenvalue weighted by Gasteiger charge is 2.53. The number of piperazine rings is 1. The topological polar surface area (TPSA) is 49.4 Å². The average Bonchev–Trinajstić information content (AvgIpc) is 2.65. The maximum absolute atomic E-state index is 12.9. The standard InChI is InChI=1S/C14H15FN2O2.ClH/c15-11-3-1-10(2-4-11)8-14-9-16-5-6-17(14)13(19)7-12(14)18;/h1-4,16H,5-9H2;1H. The molecule has 2 saturated heterocycles. The molecule has 0 saturated carbocycles. The Hall–Kier alpha value is -1.46. The third-order valence-corrected chi connectivity index (χ3v) is 3.99. The highest BCUT2D eigenvalue weighted by atomic mass is 35.5. The summed E-state index contributed by atoms with van der Waals surface area (Å²) in [4.78, 5) is 25.8. The Bertz CT molecular complexity index is 534. The lowest BCUT2D eigenvalue weighted by molar-refractivity contribution is -0.134. The van der Waals surface area contributed by atoms with Crippen LogP contribution in [-0.2, 0) is 16.0 Å². The average molecular weight is 299 g/mol. The van der Waals surface area contributed by atoms with Gasteiger partial charge in [-0.1, -0.05) is 12.1 Å². The summed E-state index contributed by atoms with van der Waals surface area (Å²) >= 11 is 0. The van der Waals surface area contributed by atoms with E-state index < -0.39 is 5.54 Å². The van der Waals surface area contributed by atoms with Crippen molar-refractivity contribution in [2.24, 2.45) is 0 Å². The molecule has 2 aliphatic heterocycles. The molecule has 2 heterocycles. The molecule has 1 aromatic carbocycles. The van der Waals surface area contributed by atoms with E-state index in [1.165, 1.54) is 12.1 Å². The third-order valence-electron chi connectivity index (χ3n) is 3.99. The molecule has 6 heteroatoms. The zero-order valence-corrected chi connectivity index (χ0v) is 11.7. The van der Waals surface area contributed by atoms with Crippen molar-refractivity contribution in [2.45, 2.75) is 18.4 Å². The number of fused-ring (bicyclic) bond motifs is 1. The number of halogens is 2. The van der Waals surface area contributed by atoms with Gasteiger partial charge in [0.2, 0.25) is 5.91 Å². The first kappa shape index (κ1) is 14.9. The smallest absolute Gasteiger partial charge is 0.231 e. The third kappa shape index (κ3) is 2.31. The number of hydrogen-bond donors (Lipinski definition) is 1. The van der Waals surface area contributed by atoms with Gasteiger partial charge in [0.15, 0.2) is 5.78 Å². The molecule has 2 aliphatic rings. The van der Waals surface area contributed by atoms with Gasteiger partial charge < -0.3 is 10.2 Å². The molecular weight excluding hydrogens is 283 g/mol. The zero-order valence-electron chi connectivity index (χ0n) is 10.9. The Morgan fingerprint density at radius 3 is 2.65 bits per heavy atom. The molecule has 3 rings (SSSR count). The van der Waals surface area contributed by atoms with Crippen molar-refractivity contribution in [3.63, 3.8) is 0 Å². The minimum atomic E-state index is -0.771. The molecule has 0 radical (unpaired) electrons. The number of nitrogens with one attached hydrogen (secondary N) is 1. The van der Waals surface area contributed by atoms with E-state index in [0.717, 1.165) is 5.56 Å². The van der Waals surface area contributed by atoms with Crippen LogP contribution in [0.15, 0.2) is 24.3 Å². The molecule has 0 aromatic heterocycles. The van der Waals surface area contributed by atoms with Crippen LogP contribution in [0.25, 0.3) is 0 Å². The van der Waals surface area contributed by atoms with Gasteiger partial charge in [-0.2, -0.15) is 0 Å². The number of benzene rings is 1. The fourth-order valence-electron chi connectivity index (χ4n) is 3.00. The van der Waals surface area contributed by atoms with Crippen molar-refractivity contribution < 1.29 is 14.0 Å². The Balaban J connectivity index is 0.00000147. The van der Waals surface area contributed by atoms with Crippen LogP contribution in [0.4, 0.5) is 4.39 Å². The number of nitrogens with zero attached hydrogens (tertiary/aromatic N) is 1. The Kier molecular flexibility index (Phi) is 4.11. The van der Waals surface area contributed by atoms with Crippen LogP contribution in [0.5, 0.6) is 0 Å². The molecule has 4 nitrogen and oxygen atoms in total. The Labute approximate surface area is 122 Å². The van der Waals surface area contributed by atoms with E-state index >= 15 is 0 Å². The molecule has 1 aromatic rings. The van der Waals surface area contributed by atoms with Crippen molar-refractivity contribution in [3.8, 4) is 0 Å². The van der Waals surface area contributed by atoms with Gasteiger partial charge >= 0.3 is 0 Å². The number of hydrogen-bond acceptors (Lipinski definition) is 3. The lowest BCUT2D eigenvalue weighted by Gasteiger charge is -2.41. The van der Waals surface area contributed by atoms with Crippen molar-refractivity contribution in [1.29, 1.82) is 0 Å². The lowest BCUT2D eigenvalue weighted by atomic mass is 9.86. The van der Waals surface area contributed by atoms with Crippen LogP contribution in [0.1, 0.15) is 12.0 Å². The first-order valence-electron chi connectivity index (χ1n) is 6.41. The molecule has 1 N–H and O–H groups in total. The predicted octanol–water partition coefficient (Wildman–Crippen LogP) is 0.933. The van der Waals surface area contributed by atoms with Crippen LogP contribution in [0.2, 0.25) is 0 Å². The van der Waals surface area contributed by atoms with E-state index in [9.17, 15) is 14.0 Å². The zero-order chi connectivity index (χ0) is 13.5. The fourth-order valence-corrected chi connectivity index (χ4v) is 3.00. The molecule has 0 spiro atoms. The second-order valence-electron chi connectivity index (χ2n) is 5.16. The van der Waals surface area contributed by atoms with Gasteiger partial charge in [-0.15, -0.1) is 12.4 Å². The number of rotatable bonds is 2. The van der Waals surface area contributed by atoms with E-state index in [0.29, 0.717) is 26.1 Å². The van der Waals surface area contributed by atoms with Crippen molar-refractivity contribution in [3.05, 3.63) is 35.6 Å². The molecule has 1 atom stereocenters. The van der Waals surface area contributed by atoms with Crippen molar-refractivity contribution in [2.75, 3.05) is 19.6 Å². The minimum Gasteiger partial charge on any atom is -0.327 e. The first-order chi connectivity index (χ1) is 9.12. The number of Topliss-reactive ketones (excluding diaryl/α,β-unsaturated/α-hetero) is 1. The van der Waals surface area contributed by atoms with Crippen LogP contribution in [-0.4, -0.2) is 41.8 Å². The van der Waals surface area contributed by atoms with Crippen molar-refractivity contribution in [1.82, 2.24) is 10.2 Å². The fraction of sp³-hybridized carbons (Fsp3) is 0.429. The number of ketones is 1. The van der Waals surface area contributed by atoms with E-state index in [1.807, 2.05) is 0 Å². The molecule has 1 amide bonds. The summed E-state index contributed by atoms with van der Waals surface area (Å²) in [7, 11) is 0. The summed E-state index contributed by atoms with van der Waals surface area (Å²) in [6.07, 6.45) is 0.438. The Morgan fingerprint density at radius 2 is 1.95 bits per heavy atom. The van der Waals surface area contributed by atoms with E-state index in [4.69, 9.17) is 0 Å². The largest absolute Gasteiger partial charge is 0.327 e. The van der Waals surface area contributed by atoms with Gasteiger partial charge in [-0.25, -0.2) is 4.39 Å². The summed E-state index contributed by atoms with van der Waals surface area (Å²) in [5.74, 6) is -0.420.